The molecule has 1 unspecified atom stereocenters. The third-order valence-corrected chi connectivity index (χ3v) is 2.45. The van der Waals surface area contributed by atoms with Crippen LogP contribution in [0.4, 0.5) is 0 Å². The fourth-order valence-corrected chi connectivity index (χ4v) is 1.50. The van der Waals surface area contributed by atoms with Gasteiger partial charge in [-0.25, -0.2) is 0 Å². The number of ether oxygens (including phenoxy) is 2. The average Bonchev–Trinajstić information content (AvgIpc) is 2.61. The van der Waals surface area contributed by atoms with Crippen molar-refractivity contribution < 1.29 is 24.5 Å². The molecule has 0 saturated carbocycles. The molecule has 0 aromatic carbocycles. The summed E-state index contributed by atoms with van der Waals surface area (Å²) in [5, 5.41) is 23.7. The van der Waals surface area contributed by atoms with E-state index in [9.17, 15) is 10.2 Å². The molecule has 1 aliphatic rings. The van der Waals surface area contributed by atoms with Crippen LogP contribution in [0.3, 0.4) is 0 Å². The summed E-state index contributed by atoms with van der Waals surface area (Å²) in [6.07, 6.45) is -0.859. The molecule has 0 aliphatic carbocycles. The Balaban J connectivity index is 2.72. The molecule has 1 heterocycles. The summed E-state index contributed by atoms with van der Waals surface area (Å²) in [4.78, 5) is 4.98. The first kappa shape index (κ1) is 14.4. The van der Waals surface area contributed by atoms with Gasteiger partial charge in [-0.05, 0) is 27.7 Å². The zero-order chi connectivity index (χ0) is 13.1. The third kappa shape index (κ3) is 3.38. The second-order valence-electron chi connectivity index (χ2n) is 4.45. The van der Waals surface area contributed by atoms with Crippen molar-refractivity contribution in [3.05, 3.63) is 0 Å². The van der Waals surface area contributed by atoms with E-state index in [2.05, 4.69) is 5.16 Å². The maximum Gasteiger partial charge on any atom is 0.291 e. The lowest BCUT2D eigenvalue weighted by molar-refractivity contribution is -0.325. The van der Waals surface area contributed by atoms with Crippen molar-refractivity contribution >= 4 is 5.71 Å². The standard InChI is InChI=1S/C11H21NO5/c1-5-15-9(16-6-2)11(14)7-8(12-17-11)10(3,4)13/h9,13-14H,5-7H2,1-4H3. The Hall–Kier alpha value is -0.690. The Morgan fingerprint density at radius 3 is 2.29 bits per heavy atom. The Morgan fingerprint density at radius 1 is 1.41 bits per heavy atom. The lowest BCUT2D eigenvalue weighted by Gasteiger charge is -2.29. The van der Waals surface area contributed by atoms with Gasteiger partial charge < -0.3 is 24.5 Å². The second kappa shape index (κ2) is 5.30. The number of aliphatic hydroxyl groups is 2. The Kier molecular flexibility index (Phi) is 4.48. The highest BCUT2D eigenvalue weighted by Crippen LogP contribution is 2.31. The van der Waals surface area contributed by atoms with Gasteiger partial charge in [-0.1, -0.05) is 5.16 Å². The van der Waals surface area contributed by atoms with Crippen LogP contribution in [0.1, 0.15) is 34.1 Å². The summed E-state index contributed by atoms with van der Waals surface area (Å²) in [6.45, 7) is 7.52. The first-order valence-corrected chi connectivity index (χ1v) is 5.77. The van der Waals surface area contributed by atoms with Gasteiger partial charge in [0.15, 0.2) is 0 Å². The van der Waals surface area contributed by atoms with Gasteiger partial charge in [0.05, 0.1) is 12.1 Å². The van der Waals surface area contributed by atoms with Crippen LogP contribution in [-0.4, -0.2) is 46.8 Å². The van der Waals surface area contributed by atoms with Crippen LogP contribution in [0.5, 0.6) is 0 Å². The van der Waals surface area contributed by atoms with Crippen LogP contribution in [0.25, 0.3) is 0 Å². The second-order valence-corrected chi connectivity index (χ2v) is 4.45. The molecule has 17 heavy (non-hydrogen) atoms. The van der Waals surface area contributed by atoms with E-state index in [0.717, 1.165) is 0 Å². The molecule has 0 radical (unpaired) electrons. The maximum atomic E-state index is 10.2. The molecular weight excluding hydrogens is 226 g/mol. The monoisotopic (exact) mass is 247 g/mol. The normalized spacial score (nSPS) is 25.0. The number of hydrogen-bond donors (Lipinski definition) is 2. The molecule has 1 aliphatic heterocycles. The summed E-state index contributed by atoms with van der Waals surface area (Å²) >= 11 is 0. The lowest BCUT2D eigenvalue weighted by atomic mass is 9.96. The Labute approximate surface area is 101 Å². The summed E-state index contributed by atoms with van der Waals surface area (Å²) in [5.41, 5.74) is -0.766. The number of oxime groups is 1. The van der Waals surface area contributed by atoms with E-state index in [1.165, 1.54) is 0 Å². The SMILES string of the molecule is CCOC(OCC)C1(O)CC(C(C)(C)O)=NO1. The molecule has 0 spiro atoms. The highest BCUT2D eigenvalue weighted by Gasteiger charge is 2.49. The molecule has 0 aromatic rings. The minimum Gasteiger partial charge on any atom is -0.384 e. The predicted octanol–water partition coefficient (Wildman–Crippen LogP) is 0.621. The summed E-state index contributed by atoms with van der Waals surface area (Å²) in [7, 11) is 0. The van der Waals surface area contributed by atoms with Crippen molar-refractivity contribution in [2.45, 2.75) is 51.8 Å². The molecule has 100 valence electrons. The van der Waals surface area contributed by atoms with Crippen molar-refractivity contribution in [1.29, 1.82) is 0 Å². The molecule has 0 saturated heterocycles. The van der Waals surface area contributed by atoms with E-state index >= 15 is 0 Å². The minimum atomic E-state index is -1.67. The quantitative estimate of drug-likeness (QED) is 0.673. The fourth-order valence-electron chi connectivity index (χ4n) is 1.50. The van der Waals surface area contributed by atoms with E-state index < -0.39 is 17.7 Å². The van der Waals surface area contributed by atoms with Crippen LogP contribution in [0.15, 0.2) is 5.16 Å². The van der Waals surface area contributed by atoms with Gasteiger partial charge in [-0.3, -0.25) is 0 Å². The van der Waals surface area contributed by atoms with Crippen LogP contribution < -0.4 is 0 Å². The molecule has 1 rings (SSSR count). The van der Waals surface area contributed by atoms with Gasteiger partial charge in [0.2, 0.25) is 6.29 Å². The number of rotatable bonds is 6. The molecule has 6 heteroatoms. The van der Waals surface area contributed by atoms with Crippen LogP contribution in [0.2, 0.25) is 0 Å². The zero-order valence-electron chi connectivity index (χ0n) is 10.8. The van der Waals surface area contributed by atoms with Crippen LogP contribution in [0, 0.1) is 0 Å². The van der Waals surface area contributed by atoms with E-state index in [1.807, 2.05) is 0 Å². The maximum absolute atomic E-state index is 10.2. The van der Waals surface area contributed by atoms with Crippen molar-refractivity contribution in [1.82, 2.24) is 0 Å². The predicted molar refractivity (Wildman–Crippen MR) is 61.4 cm³/mol. The topological polar surface area (TPSA) is 80.5 Å². The fraction of sp³-hybridized carbons (Fsp3) is 0.909. The Bertz CT molecular complexity index is 280. The summed E-state index contributed by atoms with van der Waals surface area (Å²) in [5.74, 6) is -1.67. The van der Waals surface area contributed by atoms with Crippen molar-refractivity contribution in [3.8, 4) is 0 Å². The minimum absolute atomic E-state index is 0.0567. The zero-order valence-corrected chi connectivity index (χ0v) is 10.8. The Morgan fingerprint density at radius 2 is 1.94 bits per heavy atom. The molecule has 0 aromatic heterocycles. The number of hydrogen-bond acceptors (Lipinski definition) is 6. The van der Waals surface area contributed by atoms with Gasteiger partial charge in [-0.15, -0.1) is 0 Å². The largest absolute Gasteiger partial charge is 0.384 e. The van der Waals surface area contributed by atoms with Crippen molar-refractivity contribution in [2.24, 2.45) is 5.16 Å². The summed E-state index contributed by atoms with van der Waals surface area (Å²) in [6, 6.07) is 0. The van der Waals surface area contributed by atoms with Crippen LogP contribution >= 0.6 is 0 Å². The highest BCUT2D eigenvalue weighted by molar-refractivity contribution is 5.92. The van der Waals surface area contributed by atoms with E-state index in [4.69, 9.17) is 14.3 Å². The van der Waals surface area contributed by atoms with Crippen LogP contribution in [-0.2, 0) is 14.3 Å². The first-order chi connectivity index (χ1) is 7.83. The van der Waals surface area contributed by atoms with E-state index in [0.29, 0.717) is 18.9 Å². The van der Waals surface area contributed by atoms with Gasteiger partial charge >= 0.3 is 0 Å². The van der Waals surface area contributed by atoms with E-state index in [1.54, 1.807) is 27.7 Å². The third-order valence-electron chi connectivity index (χ3n) is 2.45. The van der Waals surface area contributed by atoms with Gasteiger partial charge in [0, 0.05) is 13.2 Å². The smallest absolute Gasteiger partial charge is 0.291 e. The lowest BCUT2D eigenvalue weighted by Crippen LogP contribution is -2.47. The molecule has 6 nitrogen and oxygen atoms in total. The van der Waals surface area contributed by atoms with Gasteiger partial charge in [-0.2, -0.15) is 0 Å². The molecule has 0 bridgehead atoms. The molecule has 2 N–H and O–H groups in total. The highest BCUT2D eigenvalue weighted by atomic mass is 16.8. The van der Waals surface area contributed by atoms with Crippen molar-refractivity contribution in [2.75, 3.05) is 13.2 Å². The van der Waals surface area contributed by atoms with Gasteiger partial charge in [0.25, 0.3) is 5.79 Å². The molecule has 0 fully saturated rings. The molecular formula is C11H21NO5. The summed E-state index contributed by atoms with van der Waals surface area (Å²) < 4.78 is 10.6. The molecule has 1 atom stereocenters. The van der Waals surface area contributed by atoms with Crippen molar-refractivity contribution in [3.63, 3.8) is 0 Å². The molecule has 0 amide bonds. The van der Waals surface area contributed by atoms with Gasteiger partial charge in [0.1, 0.15) is 5.60 Å². The number of nitrogens with zero attached hydrogens (tertiary/aromatic N) is 1. The van der Waals surface area contributed by atoms with E-state index in [-0.39, 0.29) is 6.42 Å². The first-order valence-electron chi connectivity index (χ1n) is 5.77. The average molecular weight is 247 g/mol.